The highest BCUT2D eigenvalue weighted by Crippen LogP contribution is 2.29. The van der Waals surface area contributed by atoms with E-state index in [-0.39, 0.29) is 41.2 Å². The summed E-state index contributed by atoms with van der Waals surface area (Å²) < 4.78 is 43.9. The van der Waals surface area contributed by atoms with Crippen molar-refractivity contribution in [2.75, 3.05) is 53.0 Å². The summed E-state index contributed by atoms with van der Waals surface area (Å²) in [6.45, 7) is 3.48. The number of morpholine rings is 1. The lowest BCUT2D eigenvalue weighted by Gasteiger charge is -2.27. The van der Waals surface area contributed by atoms with E-state index in [0.29, 0.717) is 19.8 Å². The van der Waals surface area contributed by atoms with Gasteiger partial charge in [-0.2, -0.15) is 4.31 Å². The SMILES string of the molecule is COc1ccc(C(=O)NC[C@H](c2ccco2)N2CCCC2)cc1S(=O)(=O)N1CCOCC1. The molecule has 1 N–H and O–H groups in total. The van der Waals surface area contributed by atoms with Crippen LogP contribution in [0, 0.1) is 0 Å². The number of methoxy groups -OCH3 is 1. The molecule has 3 heterocycles. The predicted octanol–water partition coefficient (Wildman–Crippen LogP) is 1.88. The molecule has 2 aromatic rings. The van der Waals surface area contributed by atoms with Crippen LogP contribution in [-0.2, 0) is 14.8 Å². The first-order chi connectivity index (χ1) is 15.5. The van der Waals surface area contributed by atoms with Gasteiger partial charge in [0.25, 0.3) is 5.91 Å². The monoisotopic (exact) mass is 463 g/mol. The van der Waals surface area contributed by atoms with E-state index >= 15 is 0 Å². The Morgan fingerprint density at radius 1 is 1.16 bits per heavy atom. The normalized spacial score (nSPS) is 19.0. The first-order valence-corrected chi connectivity index (χ1v) is 12.3. The zero-order valence-corrected chi connectivity index (χ0v) is 19.0. The fraction of sp³-hybridized carbons (Fsp3) is 0.500. The number of likely N-dealkylation sites (tertiary alicyclic amines) is 1. The molecule has 0 aliphatic carbocycles. The molecule has 9 nitrogen and oxygen atoms in total. The molecule has 2 aliphatic rings. The summed E-state index contributed by atoms with van der Waals surface area (Å²) in [6, 6.07) is 8.17. The molecule has 1 amide bonds. The zero-order chi connectivity index (χ0) is 22.6. The Morgan fingerprint density at radius 3 is 2.56 bits per heavy atom. The number of hydrogen-bond donors (Lipinski definition) is 1. The fourth-order valence-electron chi connectivity index (χ4n) is 4.18. The van der Waals surface area contributed by atoms with Crippen LogP contribution in [0.4, 0.5) is 0 Å². The molecule has 2 fully saturated rings. The fourth-order valence-corrected chi connectivity index (χ4v) is 5.77. The average molecular weight is 464 g/mol. The smallest absolute Gasteiger partial charge is 0.251 e. The first kappa shape index (κ1) is 22.8. The van der Waals surface area contributed by atoms with E-state index in [1.807, 2.05) is 12.1 Å². The Kier molecular flexibility index (Phi) is 7.14. The van der Waals surface area contributed by atoms with Crippen molar-refractivity contribution in [3.63, 3.8) is 0 Å². The van der Waals surface area contributed by atoms with Crippen molar-refractivity contribution < 1.29 is 27.1 Å². The van der Waals surface area contributed by atoms with Crippen LogP contribution in [0.3, 0.4) is 0 Å². The number of ether oxygens (including phenoxy) is 2. The summed E-state index contributed by atoms with van der Waals surface area (Å²) in [4.78, 5) is 15.2. The topological polar surface area (TPSA) is 101 Å². The van der Waals surface area contributed by atoms with Gasteiger partial charge in [0, 0.05) is 25.2 Å². The van der Waals surface area contributed by atoms with Crippen LogP contribution in [0.15, 0.2) is 45.9 Å². The lowest BCUT2D eigenvalue weighted by molar-refractivity contribution is 0.0729. The number of benzene rings is 1. The van der Waals surface area contributed by atoms with Gasteiger partial charge >= 0.3 is 0 Å². The third-order valence-electron chi connectivity index (χ3n) is 5.92. The molecule has 1 atom stereocenters. The van der Waals surface area contributed by atoms with Gasteiger partial charge in [-0.3, -0.25) is 9.69 Å². The standard InChI is InChI=1S/C22H29N3O6S/c1-29-20-7-6-17(15-21(20)32(27,28)25-10-13-30-14-11-25)22(26)23-16-18(19-5-4-12-31-19)24-8-2-3-9-24/h4-7,12,15,18H,2-3,8-11,13-14,16H2,1H3,(H,23,26)/t18-/m1/s1. The molecule has 174 valence electrons. The quantitative estimate of drug-likeness (QED) is 0.638. The number of rotatable bonds is 8. The van der Waals surface area contributed by atoms with Gasteiger partial charge in [-0.15, -0.1) is 0 Å². The number of hydrogen-bond acceptors (Lipinski definition) is 7. The number of amides is 1. The molecule has 32 heavy (non-hydrogen) atoms. The van der Waals surface area contributed by atoms with Crippen LogP contribution >= 0.6 is 0 Å². The number of furan rings is 1. The first-order valence-electron chi connectivity index (χ1n) is 10.8. The molecule has 0 saturated carbocycles. The maximum atomic E-state index is 13.2. The van der Waals surface area contributed by atoms with E-state index in [1.54, 1.807) is 12.3 Å². The maximum absolute atomic E-state index is 13.2. The van der Waals surface area contributed by atoms with E-state index in [9.17, 15) is 13.2 Å². The van der Waals surface area contributed by atoms with Gasteiger partial charge in [-0.1, -0.05) is 0 Å². The van der Waals surface area contributed by atoms with Crippen LogP contribution < -0.4 is 10.1 Å². The van der Waals surface area contributed by atoms with Crippen LogP contribution in [0.1, 0.15) is 35.0 Å². The lowest BCUT2D eigenvalue weighted by atomic mass is 10.1. The Labute approximate surface area is 188 Å². The number of carbonyl (C=O) groups excluding carboxylic acids is 1. The maximum Gasteiger partial charge on any atom is 0.251 e. The molecule has 1 aromatic carbocycles. The molecule has 0 spiro atoms. The Morgan fingerprint density at radius 2 is 1.91 bits per heavy atom. The summed E-state index contributed by atoms with van der Waals surface area (Å²) in [6.07, 6.45) is 3.87. The van der Waals surface area contributed by atoms with Crippen LogP contribution in [0.25, 0.3) is 0 Å². The minimum atomic E-state index is -3.82. The van der Waals surface area contributed by atoms with Crippen LogP contribution in [0.5, 0.6) is 5.75 Å². The Bertz CT molecular complexity index is 1010. The van der Waals surface area contributed by atoms with E-state index in [2.05, 4.69) is 10.2 Å². The molecule has 0 unspecified atom stereocenters. The Hall–Kier alpha value is -2.40. The van der Waals surface area contributed by atoms with Gasteiger partial charge in [-0.05, 0) is 56.3 Å². The highest BCUT2D eigenvalue weighted by atomic mass is 32.2. The predicted molar refractivity (Wildman–Crippen MR) is 117 cm³/mol. The number of sulfonamides is 1. The number of nitrogens with zero attached hydrogens (tertiary/aromatic N) is 2. The molecule has 10 heteroatoms. The number of carbonyl (C=O) groups is 1. The highest BCUT2D eigenvalue weighted by Gasteiger charge is 2.31. The third-order valence-corrected chi connectivity index (χ3v) is 7.84. The van der Waals surface area contributed by atoms with Gasteiger partial charge in [0.15, 0.2) is 0 Å². The van der Waals surface area contributed by atoms with Crippen molar-refractivity contribution in [3.8, 4) is 5.75 Å². The second kappa shape index (κ2) is 10.0. The second-order valence-corrected chi connectivity index (χ2v) is 9.77. The van der Waals surface area contributed by atoms with Crippen LogP contribution in [-0.4, -0.2) is 76.6 Å². The molecular weight excluding hydrogens is 434 g/mol. The summed E-state index contributed by atoms with van der Waals surface area (Å²) in [7, 11) is -2.40. The Balaban J connectivity index is 1.52. The van der Waals surface area contributed by atoms with E-state index < -0.39 is 10.0 Å². The summed E-state index contributed by atoms with van der Waals surface area (Å²) in [5.41, 5.74) is 0.261. The van der Waals surface area contributed by atoms with Crippen molar-refractivity contribution in [2.24, 2.45) is 0 Å². The minimum Gasteiger partial charge on any atom is -0.495 e. The highest BCUT2D eigenvalue weighted by molar-refractivity contribution is 7.89. The van der Waals surface area contributed by atoms with Gasteiger partial charge in [0.2, 0.25) is 10.0 Å². The lowest BCUT2D eigenvalue weighted by Crippen LogP contribution is -2.40. The van der Waals surface area contributed by atoms with Crippen molar-refractivity contribution in [3.05, 3.63) is 47.9 Å². The summed E-state index contributed by atoms with van der Waals surface area (Å²) >= 11 is 0. The molecule has 0 radical (unpaired) electrons. The number of nitrogens with one attached hydrogen (secondary N) is 1. The molecular formula is C22H29N3O6S. The van der Waals surface area contributed by atoms with Gasteiger partial charge in [0.1, 0.15) is 16.4 Å². The van der Waals surface area contributed by atoms with Crippen LogP contribution in [0.2, 0.25) is 0 Å². The van der Waals surface area contributed by atoms with Gasteiger partial charge < -0.3 is 19.2 Å². The van der Waals surface area contributed by atoms with E-state index in [0.717, 1.165) is 31.7 Å². The van der Waals surface area contributed by atoms with Gasteiger partial charge in [-0.25, -0.2) is 8.42 Å². The third kappa shape index (κ3) is 4.83. The summed E-state index contributed by atoms with van der Waals surface area (Å²) in [5, 5.41) is 2.95. The minimum absolute atomic E-state index is 0.0170. The molecule has 1 aromatic heterocycles. The van der Waals surface area contributed by atoms with Crippen molar-refractivity contribution in [1.82, 2.24) is 14.5 Å². The molecule has 0 bridgehead atoms. The molecule has 2 saturated heterocycles. The van der Waals surface area contributed by atoms with Crippen molar-refractivity contribution >= 4 is 15.9 Å². The summed E-state index contributed by atoms with van der Waals surface area (Å²) in [5.74, 6) is 0.665. The van der Waals surface area contributed by atoms with Crippen molar-refractivity contribution in [1.29, 1.82) is 0 Å². The van der Waals surface area contributed by atoms with E-state index in [1.165, 1.54) is 23.5 Å². The molecule has 4 rings (SSSR count). The second-order valence-electron chi connectivity index (χ2n) is 7.87. The van der Waals surface area contributed by atoms with Gasteiger partial charge in [0.05, 0.1) is 32.6 Å². The van der Waals surface area contributed by atoms with E-state index in [4.69, 9.17) is 13.9 Å². The van der Waals surface area contributed by atoms with Crippen molar-refractivity contribution in [2.45, 2.75) is 23.8 Å². The zero-order valence-electron chi connectivity index (χ0n) is 18.2. The average Bonchev–Trinajstić information content (AvgIpc) is 3.54. The largest absolute Gasteiger partial charge is 0.495 e. The molecule has 2 aliphatic heterocycles.